The van der Waals surface area contributed by atoms with Gasteiger partial charge < -0.3 is 29.0 Å². The van der Waals surface area contributed by atoms with E-state index in [1.807, 2.05) is 20.8 Å². The Hall–Kier alpha value is -3.71. The number of nitrogens with one attached hydrogen (secondary N) is 1. The van der Waals surface area contributed by atoms with E-state index in [4.69, 9.17) is 28.5 Å². The number of carbonyl (C=O) groups is 6. The zero-order valence-electron chi connectivity index (χ0n) is 38.1. The molecule has 0 aromatic carbocycles. The minimum absolute atomic E-state index is 0.0531. The summed E-state index contributed by atoms with van der Waals surface area (Å²) < 4.78 is 31.5. The zero-order valence-corrected chi connectivity index (χ0v) is 38.1. The number of rotatable bonds is 16. The SMILES string of the molecule is CC/C(C)=N/OC(=O)NCCOC(=O)C(C)(C(C)(C)C(=O)OC1C2CC3C(=O)OC1C3C2)C(C)(C(=O)OC1(C)C2CC3CC(C2)CC1C3)C(C)(C)C(=O)OC1(CC)CCCC1. The summed E-state index contributed by atoms with van der Waals surface area (Å²) in [5, 5.41) is 6.29. The summed E-state index contributed by atoms with van der Waals surface area (Å²) in [5.74, 6) is -2.53. The van der Waals surface area contributed by atoms with Gasteiger partial charge in [0.25, 0.3) is 0 Å². The molecule has 7 saturated carbocycles. The molecule has 1 aliphatic heterocycles. The van der Waals surface area contributed by atoms with E-state index in [0.29, 0.717) is 56.1 Å². The van der Waals surface area contributed by atoms with Crippen molar-refractivity contribution in [2.45, 2.75) is 176 Å². The summed E-state index contributed by atoms with van der Waals surface area (Å²) in [5.41, 5.74) is -8.97. The van der Waals surface area contributed by atoms with Gasteiger partial charge >= 0.3 is 35.9 Å². The fraction of sp³-hybridized carbons (Fsp3) is 0.851. The van der Waals surface area contributed by atoms with E-state index in [-0.39, 0.29) is 48.7 Å². The van der Waals surface area contributed by atoms with E-state index in [1.54, 1.807) is 41.5 Å². The highest BCUT2D eigenvalue weighted by molar-refractivity contribution is 5.98. The van der Waals surface area contributed by atoms with Crippen LogP contribution in [0.25, 0.3) is 0 Å². The van der Waals surface area contributed by atoms with Gasteiger partial charge in [-0.15, -0.1) is 0 Å². The average Bonchev–Trinajstić information content (AvgIpc) is 3.99. The summed E-state index contributed by atoms with van der Waals surface area (Å²) in [6.07, 6.45) is 8.25. The van der Waals surface area contributed by atoms with Crippen molar-refractivity contribution in [1.82, 2.24) is 5.32 Å². The van der Waals surface area contributed by atoms with Crippen LogP contribution in [0.15, 0.2) is 5.16 Å². The highest BCUT2D eigenvalue weighted by Crippen LogP contribution is 2.65. The molecule has 14 nitrogen and oxygen atoms in total. The van der Waals surface area contributed by atoms with Crippen LogP contribution in [-0.2, 0) is 52.5 Å². The van der Waals surface area contributed by atoms with Crippen molar-refractivity contribution >= 4 is 41.7 Å². The maximum Gasteiger partial charge on any atom is 0.433 e. The number of ether oxygens (including phenoxy) is 5. The quantitative estimate of drug-likeness (QED) is 0.0401. The summed E-state index contributed by atoms with van der Waals surface area (Å²) in [7, 11) is 0. The highest BCUT2D eigenvalue weighted by Gasteiger charge is 2.75. The van der Waals surface area contributed by atoms with Crippen molar-refractivity contribution < 1.29 is 57.3 Å². The zero-order chi connectivity index (χ0) is 44.5. The van der Waals surface area contributed by atoms with E-state index in [0.717, 1.165) is 38.5 Å². The van der Waals surface area contributed by atoms with Crippen LogP contribution in [0.3, 0.4) is 0 Å². The van der Waals surface area contributed by atoms with Gasteiger partial charge in [0.2, 0.25) is 0 Å². The van der Waals surface area contributed by atoms with Crippen LogP contribution < -0.4 is 5.32 Å². The molecule has 1 amide bonds. The third-order valence-corrected chi connectivity index (χ3v) is 17.9. The second-order valence-electron chi connectivity index (χ2n) is 21.4. The molecule has 8 aliphatic rings. The number of carbonyl (C=O) groups excluding carboxylic acids is 6. The molecule has 1 heterocycles. The molecule has 14 heteroatoms. The number of amides is 1. The Morgan fingerprint density at radius 1 is 0.787 bits per heavy atom. The van der Waals surface area contributed by atoms with Crippen molar-refractivity contribution in [1.29, 1.82) is 0 Å². The Bertz CT molecular complexity index is 1790. The van der Waals surface area contributed by atoms with Crippen molar-refractivity contribution in [2.24, 2.45) is 68.2 Å². The van der Waals surface area contributed by atoms with Gasteiger partial charge in [0, 0.05) is 11.8 Å². The van der Waals surface area contributed by atoms with Crippen molar-refractivity contribution in [3.63, 3.8) is 0 Å². The van der Waals surface area contributed by atoms with Gasteiger partial charge in [-0.1, -0.05) is 19.0 Å². The number of fused-ring (bicyclic) bond motifs is 1. The lowest BCUT2D eigenvalue weighted by Gasteiger charge is -2.61. The molecule has 1 N–H and O–H groups in total. The molecule has 8 fully saturated rings. The van der Waals surface area contributed by atoms with E-state index in [2.05, 4.69) is 10.5 Å². The van der Waals surface area contributed by atoms with Crippen LogP contribution in [0.5, 0.6) is 0 Å². The Morgan fingerprint density at radius 3 is 1.97 bits per heavy atom. The smallest absolute Gasteiger partial charge is 0.433 e. The molecular weight excluding hydrogens is 785 g/mol. The molecular formula is C47H70N2O12. The number of oxime groups is 1. The first-order chi connectivity index (χ1) is 28.6. The van der Waals surface area contributed by atoms with E-state index in [1.165, 1.54) is 13.3 Å². The van der Waals surface area contributed by atoms with Crippen LogP contribution in [-0.4, -0.2) is 78.2 Å². The minimum Gasteiger partial charge on any atom is -0.463 e. The summed E-state index contributed by atoms with van der Waals surface area (Å²) in [4.78, 5) is 91.3. The van der Waals surface area contributed by atoms with Gasteiger partial charge in [-0.2, -0.15) is 0 Å². The fourth-order valence-corrected chi connectivity index (χ4v) is 13.0. The van der Waals surface area contributed by atoms with E-state index in [9.17, 15) is 9.59 Å². The van der Waals surface area contributed by atoms with Crippen molar-refractivity contribution in [2.75, 3.05) is 13.2 Å². The number of nitrogens with zero attached hydrogens (tertiary/aromatic N) is 1. The average molecular weight is 855 g/mol. The normalized spacial score (nSPS) is 35.1. The van der Waals surface area contributed by atoms with Crippen molar-refractivity contribution in [3.05, 3.63) is 0 Å². The molecule has 0 radical (unpaired) electrons. The lowest BCUT2D eigenvalue weighted by Crippen LogP contribution is -2.69. The van der Waals surface area contributed by atoms with Crippen LogP contribution in [0.1, 0.15) is 153 Å². The topological polar surface area (TPSA) is 182 Å². The van der Waals surface area contributed by atoms with Gasteiger partial charge in [0.1, 0.15) is 30.0 Å². The first-order valence-electron chi connectivity index (χ1n) is 23.1. The van der Waals surface area contributed by atoms with Crippen LogP contribution in [0.4, 0.5) is 4.79 Å². The van der Waals surface area contributed by atoms with E-state index >= 15 is 19.2 Å². The maximum atomic E-state index is 15.8. The van der Waals surface area contributed by atoms with Crippen LogP contribution in [0.2, 0.25) is 0 Å². The first-order valence-corrected chi connectivity index (χ1v) is 23.1. The van der Waals surface area contributed by atoms with Crippen LogP contribution in [0, 0.1) is 63.1 Å². The summed E-state index contributed by atoms with van der Waals surface area (Å²) in [6.45, 7) is 16.4. The second-order valence-corrected chi connectivity index (χ2v) is 21.4. The van der Waals surface area contributed by atoms with Crippen LogP contribution >= 0.6 is 0 Å². The molecule has 340 valence electrons. The Balaban J connectivity index is 1.27. The fourth-order valence-electron chi connectivity index (χ4n) is 13.0. The predicted molar refractivity (Wildman–Crippen MR) is 221 cm³/mol. The minimum atomic E-state index is -2.18. The number of hydrogen-bond acceptors (Lipinski definition) is 13. The Labute approximate surface area is 361 Å². The number of hydrogen-bond donors (Lipinski definition) is 1. The van der Waals surface area contributed by atoms with Gasteiger partial charge in [-0.05, 0) is 163 Å². The van der Waals surface area contributed by atoms with Crippen molar-refractivity contribution in [3.8, 4) is 0 Å². The highest BCUT2D eigenvalue weighted by atomic mass is 16.7. The van der Waals surface area contributed by atoms with Gasteiger partial charge in [-0.3, -0.25) is 28.8 Å². The van der Waals surface area contributed by atoms with E-state index < -0.39 is 75.0 Å². The Kier molecular flexibility index (Phi) is 12.0. The van der Waals surface area contributed by atoms with Gasteiger partial charge in [0.05, 0.1) is 39.8 Å². The van der Waals surface area contributed by atoms with Gasteiger partial charge in [-0.25, -0.2) is 4.79 Å². The lowest BCUT2D eigenvalue weighted by atomic mass is 9.45. The third kappa shape index (κ3) is 7.25. The predicted octanol–water partition coefficient (Wildman–Crippen LogP) is 7.62. The summed E-state index contributed by atoms with van der Waals surface area (Å²) in [6, 6.07) is 0. The summed E-state index contributed by atoms with van der Waals surface area (Å²) >= 11 is 0. The molecule has 0 aromatic rings. The second kappa shape index (κ2) is 16.1. The molecule has 1 saturated heterocycles. The maximum absolute atomic E-state index is 15.8. The third-order valence-electron chi connectivity index (χ3n) is 17.9. The molecule has 7 unspecified atom stereocenters. The molecule has 0 aromatic heterocycles. The molecule has 7 aliphatic carbocycles. The monoisotopic (exact) mass is 854 g/mol. The molecule has 7 atom stereocenters. The largest absolute Gasteiger partial charge is 0.463 e. The molecule has 6 bridgehead atoms. The Morgan fingerprint density at radius 2 is 1.38 bits per heavy atom. The number of esters is 5. The molecule has 0 spiro atoms. The lowest BCUT2D eigenvalue weighted by molar-refractivity contribution is -0.242. The molecule has 61 heavy (non-hydrogen) atoms. The molecule has 8 rings (SSSR count). The standard InChI is InChI=1S/C47H70N2O12/c1-11-26(3)49-61-41(55)48-17-18-56-39(53)45(9,42(4,5)37(51)58-34-29-24-32-33(25-29)36(50)57-35(32)34)46(10,43(6,7)38(52)60-47(12-2)15-13-14-16-47)40(54)59-44(8)30-20-27-19-28(22-30)23-31(44)21-27/h27-35H,11-25H2,1-10H3,(H,48,55)/b49-26+. The first kappa shape index (κ1) is 45.3. The van der Waals surface area contributed by atoms with Gasteiger partial charge in [0.15, 0.2) is 0 Å².